The highest BCUT2D eigenvalue weighted by Gasteiger charge is 2.49. The fourth-order valence-corrected chi connectivity index (χ4v) is 8.49. The van der Waals surface area contributed by atoms with Gasteiger partial charge in [0, 0.05) is 5.92 Å². The van der Waals surface area contributed by atoms with Crippen molar-refractivity contribution in [2.45, 2.75) is 77.0 Å². The molecule has 5 aliphatic carbocycles. The van der Waals surface area contributed by atoms with Crippen molar-refractivity contribution >= 4 is 12.3 Å². The van der Waals surface area contributed by atoms with E-state index in [2.05, 4.69) is 0 Å². The fraction of sp³-hybridized carbons (Fsp3) is 0.917. The van der Waals surface area contributed by atoms with Crippen molar-refractivity contribution < 1.29 is 14.7 Å². The molecule has 1 N–H and O–H groups in total. The molecule has 5 aliphatic rings. The zero-order valence-corrected chi connectivity index (χ0v) is 16.6. The minimum Gasteiger partial charge on any atom is -0.481 e. The smallest absolute Gasteiger partial charge is 0.306 e. The van der Waals surface area contributed by atoms with Crippen molar-refractivity contribution in [3.63, 3.8) is 0 Å². The zero-order chi connectivity index (χ0) is 18.5. The van der Waals surface area contributed by atoms with Gasteiger partial charge < -0.3 is 9.90 Å². The van der Waals surface area contributed by atoms with E-state index in [0.717, 1.165) is 67.1 Å². The number of aliphatic carboxylic acids is 1. The lowest BCUT2D eigenvalue weighted by Crippen LogP contribution is -2.45. The van der Waals surface area contributed by atoms with Gasteiger partial charge in [-0.3, -0.25) is 4.79 Å². The summed E-state index contributed by atoms with van der Waals surface area (Å²) in [6.45, 7) is 0. The Bertz CT molecular complexity index is 586. The number of carboxylic acids is 1. The van der Waals surface area contributed by atoms with Gasteiger partial charge in [-0.2, -0.15) is 0 Å². The molecule has 0 heterocycles. The number of carboxylic acid groups (broad SMARTS) is 1. The lowest BCUT2D eigenvalue weighted by Gasteiger charge is -2.54. The standard InChI is InChI=1S/C24H36O3/c25-13-14-1-2-15-6-20-12-23-10-19-8-17(24(26)27)4-3-16(19)7-21(23)11-22(20)9-18(15)5-14/h13-23H,1-12H2,(H,26,27). The predicted molar refractivity (Wildman–Crippen MR) is 104 cm³/mol. The minimum atomic E-state index is -0.552. The van der Waals surface area contributed by atoms with Crippen molar-refractivity contribution in [3.8, 4) is 0 Å². The van der Waals surface area contributed by atoms with Gasteiger partial charge >= 0.3 is 5.97 Å². The van der Waals surface area contributed by atoms with Crippen LogP contribution in [0.4, 0.5) is 0 Å². The van der Waals surface area contributed by atoms with E-state index in [9.17, 15) is 14.7 Å². The van der Waals surface area contributed by atoms with Gasteiger partial charge in [0.05, 0.1) is 5.92 Å². The van der Waals surface area contributed by atoms with Gasteiger partial charge in [0.15, 0.2) is 0 Å². The fourth-order valence-electron chi connectivity index (χ4n) is 8.49. The van der Waals surface area contributed by atoms with Crippen molar-refractivity contribution in [1.29, 1.82) is 0 Å². The van der Waals surface area contributed by atoms with E-state index in [1.54, 1.807) is 0 Å². The van der Waals surface area contributed by atoms with Crippen molar-refractivity contribution in [2.24, 2.45) is 59.2 Å². The molecule has 0 spiro atoms. The van der Waals surface area contributed by atoms with Crippen LogP contribution in [0.1, 0.15) is 77.0 Å². The highest BCUT2D eigenvalue weighted by atomic mass is 16.4. The van der Waals surface area contributed by atoms with E-state index in [4.69, 9.17) is 0 Å². The maximum atomic E-state index is 11.5. The van der Waals surface area contributed by atoms with Crippen LogP contribution >= 0.6 is 0 Å². The van der Waals surface area contributed by atoms with Gasteiger partial charge in [-0.25, -0.2) is 0 Å². The second-order valence-corrected chi connectivity index (χ2v) is 11.1. The summed E-state index contributed by atoms with van der Waals surface area (Å²) < 4.78 is 0. The van der Waals surface area contributed by atoms with Crippen LogP contribution in [0, 0.1) is 59.2 Å². The van der Waals surface area contributed by atoms with Gasteiger partial charge in [-0.05, 0) is 124 Å². The molecule has 27 heavy (non-hydrogen) atoms. The first-order valence-corrected chi connectivity index (χ1v) is 11.8. The quantitative estimate of drug-likeness (QED) is 0.679. The Balaban J connectivity index is 1.24. The van der Waals surface area contributed by atoms with E-state index < -0.39 is 5.97 Å². The van der Waals surface area contributed by atoms with Crippen LogP contribution in [-0.2, 0) is 9.59 Å². The molecular weight excluding hydrogens is 336 g/mol. The molecule has 5 saturated carbocycles. The molecule has 3 nitrogen and oxygen atoms in total. The molecule has 0 aromatic rings. The highest BCUT2D eigenvalue weighted by Crippen LogP contribution is 2.58. The topological polar surface area (TPSA) is 54.4 Å². The molecule has 0 amide bonds. The molecule has 0 aromatic heterocycles. The Morgan fingerprint density at radius 2 is 1.04 bits per heavy atom. The van der Waals surface area contributed by atoms with Crippen molar-refractivity contribution in [1.82, 2.24) is 0 Å². The summed E-state index contributed by atoms with van der Waals surface area (Å²) in [5.41, 5.74) is 0. The lowest BCUT2D eigenvalue weighted by molar-refractivity contribution is -0.145. The number of fused-ring (bicyclic) bond motifs is 4. The summed E-state index contributed by atoms with van der Waals surface area (Å²) in [5.74, 6) is 6.58. The second kappa shape index (κ2) is 7.19. The van der Waals surface area contributed by atoms with E-state index in [-0.39, 0.29) is 5.92 Å². The molecule has 3 heteroatoms. The van der Waals surface area contributed by atoms with Crippen LogP contribution in [0.25, 0.3) is 0 Å². The van der Waals surface area contributed by atoms with Crippen LogP contribution in [0.2, 0.25) is 0 Å². The van der Waals surface area contributed by atoms with Crippen LogP contribution < -0.4 is 0 Å². The minimum absolute atomic E-state index is 0.0671. The zero-order valence-electron chi connectivity index (χ0n) is 16.6. The molecule has 10 atom stereocenters. The van der Waals surface area contributed by atoms with Gasteiger partial charge in [-0.15, -0.1) is 0 Å². The molecule has 5 rings (SSSR count). The summed E-state index contributed by atoms with van der Waals surface area (Å²) in [5, 5.41) is 9.44. The third-order valence-electron chi connectivity index (χ3n) is 9.83. The van der Waals surface area contributed by atoms with E-state index in [1.165, 1.54) is 57.7 Å². The highest BCUT2D eigenvalue weighted by molar-refractivity contribution is 5.70. The Labute approximate surface area is 163 Å². The monoisotopic (exact) mass is 372 g/mol. The molecule has 5 fully saturated rings. The number of carbonyl (C=O) groups excluding carboxylic acids is 1. The maximum Gasteiger partial charge on any atom is 0.306 e. The molecule has 10 unspecified atom stereocenters. The van der Waals surface area contributed by atoms with E-state index >= 15 is 0 Å². The van der Waals surface area contributed by atoms with Crippen LogP contribution in [0.3, 0.4) is 0 Å². The maximum absolute atomic E-state index is 11.5. The number of rotatable bonds is 2. The van der Waals surface area contributed by atoms with Crippen molar-refractivity contribution in [2.75, 3.05) is 0 Å². The third kappa shape index (κ3) is 3.38. The van der Waals surface area contributed by atoms with Gasteiger partial charge in [-0.1, -0.05) is 0 Å². The molecule has 0 aromatic carbocycles. The second-order valence-electron chi connectivity index (χ2n) is 11.1. The first-order chi connectivity index (χ1) is 13.1. The Hall–Kier alpha value is -0.860. The molecule has 0 saturated heterocycles. The summed E-state index contributed by atoms with van der Waals surface area (Å²) in [6, 6.07) is 0. The molecule has 0 aliphatic heterocycles. The van der Waals surface area contributed by atoms with Crippen LogP contribution in [0.5, 0.6) is 0 Å². The molecule has 150 valence electrons. The molecule has 0 bridgehead atoms. The van der Waals surface area contributed by atoms with E-state index in [0.29, 0.717) is 11.8 Å². The summed E-state index contributed by atoms with van der Waals surface area (Å²) in [6.07, 6.45) is 16.3. The van der Waals surface area contributed by atoms with Gasteiger partial charge in [0.2, 0.25) is 0 Å². The first kappa shape index (κ1) is 18.2. The van der Waals surface area contributed by atoms with Crippen LogP contribution in [0.15, 0.2) is 0 Å². The Morgan fingerprint density at radius 1 is 0.593 bits per heavy atom. The average Bonchev–Trinajstić information content (AvgIpc) is 2.68. The van der Waals surface area contributed by atoms with E-state index in [1.807, 2.05) is 0 Å². The summed E-state index contributed by atoms with van der Waals surface area (Å²) >= 11 is 0. The average molecular weight is 373 g/mol. The number of aldehydes is 1. The normalized spacial score (nSPS) is 51.9. The first-order valence-electron chi connectivity index (χ1n) is 11.8. The molecule has 0 radical (unpaired) electrons. The number of carbonyl (C=O) groups is 2. The summed E-state index contributed by atoms with van der Waals surface area (Å²) in [7, 11) is 0. The van der Waals surface area contributed by atoms with Crippen LogP contribution in [-0.4, -0.2) is 17.4 Å². The van der Waals surface area contributed by atoms with Crippen molar-refractivity contribution in [3.05, 3.63) is 0 Å². The SMILES string of the molecule is O=CC1CCC2CC3CC4CC5CC(C(=O)O)CCC5CC4CC3CC2C1. The Morgan fingerprint density at radius 3 is 1.56 bits per heavy atom. The largest absolute Gasteiger partial charge is 0.481 e. The number of hydrogen-bond donors (Lipinski definition) is 1. The predicted octanol–water partition coefficient (Wildman–Crippen LogP) is 5.18. The van der Waals surface area contributed by atoms with Gasteiger partial charge in [0.1, 0.15) is 6.29 Å². The molecular formula is C24H36O3. The Kier molecular flexibility index (Phi) is 4.84. The third-order valence-corrected chi connectivity index (χ3v) is 9.83. The lowest BCUT2D eigenvalue weighted by atomic mass is 9.51. The summed E-state index contributed by atoms with van der Waals surface area (Å²) in [4.78, 5) is 22.7. The number of hydrogen-bond acceptors (Lipinski definition) is 2. The van der Waals surface area contributed by atoms with Gasteiger partial charge in [0.25, 0.3) is 0 Å².